The van der Waals surface area contributed by atoms with Crippen molar-refractivity contribution in [2.75, 3.05) is 13.2 Å². The van der Waals surface area contributed by atoms with Gasteiger partial charge in [0.05, 0.1) is 12.7 Å². The number of hydrogen-bond donors (Lipinski definition) is 4. The standard InChI is InChI=1S/C19H31N3O4/c1-5-26-19(25)22-17(10-13(2)3)12-21-18(24)20-11-15-6-8-16(9-7-15)14(4)23/h6-9,13-14,17,23H,5,10-12H2,1-4H3,(H,22,25)(H2,20,21,24)/t14-,17-/m0/s1. The molecule has 0 saturated heterocycles. The number of aliphatic hydroxyl groups excluding tert-OH is 1. The first kappa shape index (κ1) is 21.8. The number of carbonyl (C=O) groups is 2. The van der Waals surface area contributed by atoms with Crippen LogP contribution < -0.4 is 16.0 Å². The van der Waals surface area contributed by atoms with Gasteiger partial charge in [-0.25, -0.2) is 9.59 Å². The molecule has 1 rings (SSSR count). The predicted octanol–water partition coefficient (Wildman–Crippen LogP) is 2.70. The van der Waals surface area contributed by atoms with Gasteiger partial charge < -0.3 is 25.8 Å². The summed E-state index contributed by atoms with van der Waals surface area (Å²) in [6.45, 7) is 8.57. The Bertz CT molecular complexity index is 558. The van der Waals surface area contributed by atoms with Crippen LogP contribution in [0.3, 0.4) is 0 Å². The Hall–Kier alpha value is -2.28. The minimum Gasteiger partial charge on any atom is -0.450 e. The second kappa shape index (κ2) is 11.4. The van der Waals surface area contributed by atoms with E-state index in [4.69, 9.17) is 4.74 Å². The van der Waals surface area contributed by atoms with Crippen LogP contribution in [-0.2, 0) is 11.3 Å². The molecule has 0 aliphatic rings. The molecule has 26 heavy (non-hydrogen) atoms. The summed E-state index contributed by atoms with van der Waals surface area (Å²) in [5, 5.41) is 17.8. The average molecular weight is 365 g/mol. The van der Waals surface area contributed by atoms with Gasteiger partial charge in [0.15, 0.2) is 0 Å². The van der Waals surface area contributed by atoms with Crippen molar-refractivity contribution in [3.05, 3.63) is 35.4 Å². The van der Waals surface area contributed by atoms with E-state index in [-0.39, 0.29) is 12.1 Å². The van der Waals surface area contributed by atoms with E-state index in [9.17, 15) is 14.7 Å². The number of aliphatic hydroxyl groups is 1. The van der Waals surface area contributed by atoms with Crippen LogP contribution in [0.4, 0.5) is 9.59 Å². The van der Waals surface area contributed by atoms with Crippen LogP contribution in [-0.4, -0.2) is 36.4 Å². The van der Waals surface area contributed by atoms with Gasteiger partial charge >= 0.3 is 12.1 Å². The molecule has 1 aromatic rings. The Morgan fingerprint density at radius 3 is 2.31 bits per heavy atom. The van der Waals surface area contributed by atoms with Gasteiger partial charge in [0.1, 0.15) is 0 Å². The van der Waals surface area contributed by atoms with Gasteiger partial charge in [0, 0.05) is 19.1 Å². The van der Waals surface area contributed by atoms with E-state index in [0.717, 1.165) is 17.5 Å². The summed E-state index contributed by atoms with van der Waals surface area (Å²) in [5.41, 5.74) is 1.77. The van der Waals surface area contributed by atoms with Crippen molar-refractivity contribution in [2.45, 2.75) is 52.8 Å². The number of urea groups is 1. The summed E-state index contributed by atoms with van der Waals surface area (Å²) >= 11 is 0. The van der Waals surface area contributed by atoms with Crippen LogP contribution >= 0.6 is 0 Å². The van der Waals surface area contributed by atoms with Crippen molar-refractivity contribution in [3.63, 3.8) is 0 Å². The van der Waals surface area contributed by atoms with Crippen molar-refractivity contribution in [1.29, 1.82) is 0 Å². The third kappa shape index (κ3) is 8.71. The number of nitrogens with one attached hydrogen (secondary N) is 3. The molecule has 0 unspecified atom stereocenters. The lowest BCUT2D eigenvalue weighted by molar-refractivity contribution is 0.146. The number of rotatable bonds is 9. The Morgan fingerprint density at radius 2 is 1.77 bits per heavy atom. The highest BCUT2D eigenvalue weighted by Crippen LogP contribution is 2.12. The maximum Gasteiger partial charge on any atom is 0.407 e. The molecule has 0 aliphatic carbocycles. The van der Waals surface area contributed by atoms with Crippen molar-refractivity contribution < 1.29 is 19.4 Å². The highest BCUT2D eigenvalue weighted by atomic mass is 16.5. The fraction of sp³-hybridized carbons (Fsp3) is 0.579. The maximum atomic E-state index is 12.0. The Morgan fingerprint density at radius 1 is 1.12 bits per heavy atom. The lowest BCUT2D eigenvalue weighted by Gasteiger charge is -2.21. The lowest BCUT2D eigenvalue weighted by Crippen LogP contribution is -2.47. The van der Waals surface area contributed by atoms with Gasteiger partial charge in [-0.3, -0.25) is 0 Å². The summed E-state index contributed by atoms with van der Waals surface area (Å²) in [5.74, 6) is 0.374. The van der Waals surface area contributed by atoms with Gasteiger partial charge in [-0.2, -0.15) is 0 Å². The molecule has 0 heterocycles. The van der Waals surface area contributed by atoms with E-state index >= 15 is 0 Å². The Balaban J connectivity index is 2.42. The molecule has 0 radical (unpaired) electrons. The van der Waals surface area contributed by atoms with Crippen LogP contribution in [0.5, 0.6) is 0 Å². The van der Waals surface area contributed by atoms with Crippen molar-refractivity contribution >= 4 is 12.1 Å². The number of hydrogen-bond acceptors (Lipinski definition) is 4. The number of carbonyl (C=O) groups excluding carboxylic acids is 2. The van der Waals surface area contributed by atoms with Crippen molar-refractivity contribution in [2.24, 2.45) is 5.92 Å². The fourth-order valence-corrected chi connectivity index (χ4v) is 2.48. The molecule has 0 bridgehead atoms. The molecule has 7 heteroatoms. The molecule has 146 valence electrons. The SMILES string of the molecule is CCOC(=O)N[C@H](CNC(=O)NCc1ccc([C@H](C)O)cc1)CC(C)C. The van der Waals surface area contributed by atoms with E-state index in [1.165, 1.54) is 0 Å². The summed E-state index contributed by atoms with van der Waals surface area (Å²) in [4.78, 5) is 23.6. The molecule has 7 nitrogen and oxygen atoms in total. The maximum absolute atomic E-state index is 12.0. The van der Waals surface area contributed by atoms with Crippen LogP contribution in [0.15, 0.2) is 24.3 Å². The summed E-state index contributed by atoms with van der Waals surface area (Å²) in [6, 6.07) is 6.91. The van der Waals surface area contributed by atoms with Gasteiger partial charge in [0.2, 0.25) is 0 Å². The number of amides is 3. The van der Waals surface area contributed by atoms with E-state index in [2.05, 4.69) is 29.8 Å². The molecule has 0 fully saturated rings. The zero-order valence-corrected chi connectivity index (χ0v) is 16.0. The second-order valence-electron chi connectivity index (χ2n) is 6.67. The van der Waals surface area contributed by atoms with Gasteiger partial charge in [0.25, 0.3) is 0 Å². The molecule has 3 amide bonds. The highest BCUT2D eigenvalue weighted by Gasteiger charge is 2.15. The van der Waals surface area contributed by atoms with Crippen molar-refractivity contribution in [3.8, 4) is 0 Å². The summed E-state index contributed by atoms with van der Waals surface area (Å²) < 4.78 is 4.90. The number of benzene rings is 1. The Kier molecular flexibility index (Phi) is 9.51. The quantitative estimate of drug-likeness (QED) is 0.541. The van der Waals surface area contributed by atoms with Crippen LogP contribution in [0, 0.1) is 5.92 Å². The van der Waals surface area contributed by atoms with E-state index < -0.39 is 12.2 Å². The molecule has 1 aromatic carbocycles. The monoisotopic (exact) mass is 365 g/mol. The number of ether oxygens (including phenoxy) is 1. The minimum atomic E-state index is -0.509. The zero-order chi connectivity index (χ0) is 19.5. The van der Waals surface area contributed by atoms with Crippen LogP contribution in [0.25, 0.3) is 0 Å². The smallest absolute Gasteiger partial charge is 0.407 e. The summed E-state index contributed by atoms with van der Waals surface area (Å²) in [6.07, 6.45) is -0.247. The van der Waals surface area contributed by atoms with E-state index in [1.54, 1.807) is 13.8 Å². The third-order valence-corrected chi connectivity index (χ3v) is 3.78. The first-order valence-electron chi connectivity index (χ1n) is 9.03. The largest absolute Gasteiger partial charge is 0.450 e. The van der Waals surface area contributed by atoms with E-state index in [1.807, 2.05) is 24.3 Å². The highest BCUT2D eigenvalue weighted by molar-refractivity contribution is 5.74. The molecule has 0 spiro atoms. The molecule has 4 N–H and O–H groups in total. The molecule has 0 aromatic heterocycles. The molecular formula is C19H31N3O4. The number of alkyl carbamates (subject to hydrolysis) is 1. The van der Waals surface area contributed by atoms with Gasteiger partial charge in [-0.1, -0.05) is 38.1 Å². The van der Waals surface area contributed by atoms with Gasteiger partial charge in [-0.15, -0.1) is 0 Å². The first-order chi connectivity index (χ1) is 12.3. The van der Waals surface area contributed by atoms with Crippen LogP contribution in [0.2, 0.25) is 0 Å². The predicted molar refractivity (Wildman–Crippen MR) is 101 cm³/mol. The molecular weight excluding hydrogens is 334 g/mol. The molecule has 0 aliphatic heterocycles. The third-order valence-electron chi connectivity index (χ3n) is 3.78. The Labute approximate surface area is 155 Å². The lowest BCUT2D eigenvalue weighted by atomic mass is 10.0. The molecule has 0 saturated carbocycles. The normalized spacial score (nSPS) is 13.0. The van der Waals surface area contributed by atoms with Crippen molar-refractivity contribution in [1.82, 2.24) is 16.0 Å². The summed E-state index contributed by atoms with van der Waals surface area (Å²) in [7, 11) is 0. The zero-order valence-electron chi connectivity index (χ0n) is 16.0. The molecule has 2 atom stereocenters. The van der Waals surface area contributed by atoms with E-state index in [0.29, 0.717) is 25.6 Å². The fourth-order valence-electron chi connectivity index (χ4n) is 2.48. The first-order valence-corrected chi connectivity index (χ1v) is 9.03. The van der Waals surface area contributed by atoms with Gasteiger partial charge in [-0.05, 0) is 37.3 Å². The van der Waals surface area contributed by atoms with Crippen LogP contribution in [0.1, 0.15) is 51.3 Å². The topological polar surface area (TPSA) is 99.7 Å². The second-order valence-corrected chi connectivity index (χ2v) is 6.67. The average Bonchev–Trinajstić information content (AvgIpc) is 2.58. The minimum absolute atomic E-state index is 0.190.